The van der Waals surface area contributed by atoms with E-state index in [4.69, 9.17) is 9.84 Å². The fraction of sp³-hybridized carbons (Fsp3) is 0. The van der Waals surface area contributed by atoms with Gasteiger partial charge in [-0.15, -0.1) is 0 Å². The van der Waals surface area contributed by atoms with Gasteiger partial charge < -0.3 is 9.84 Å². The second kappa shape index (κ2) is 4.35. The van der Waals surface area contributed by atoms with Gasteiger partial charge in [0.15, 0.2) is 11.4 Å². The zero-order chi connectivity index (χ0) is 11.4. The minimum absolute atomic E-state index is 0.135. The van der Waals surface area contributed by atoms with Crippen molar-refractivity contribution >= 4 is 5.97 Å². The van der Waals surface area contributed by atoms with Gasteiger partial charge in [-0.25, -0.2) is 14.8 Å². The predicted octanol–water partition coefficient (Wildman–Crippen LogP) is 1.36. The molecule has 0 aliphatic carbocycles. The first-order valence-corrected chi connectivity index (χ1v) is 4.39. The Bertz CT molecular complexity index is 502. The molecular weight excluding hydrogens is 210 g/mol. The first kappa shape index (κ1) is 10.0. The average Bonchev–Trinajstić information content (AvgIpc) is 2.31. The van der Waals surface area contributed by atoms with Crippen LogP contribution in [0.4, 0.5) is 0 Å². The van der Waals surface area contributed by atoms with Crippen LogP contribution >= 0.6 is 0 Å². The molecule has 0 radical (unpaired) electrons. The number of pyridine rings is 1. The summed E-state index contributed by atoms with van der Waals surface area (Å²) >= 11 is 0. The summed E-state index contributed by atoms with van der Waals surface area (Å²) in [5.41, 5.74) is -0.159. The van der Waals surface area contributed by atoms with Crippen molar-refractivity contribution in [3.63, 3.8) is 0 Å². The number of carboxylic acids is 1. The van der Waals surface area contributed by atoms with Gasteiger partial charge in [0.1, 0.15) is 0 Å². The molecule has 0 saturated heterocycles. The van der Waals surface area contributed by atoms with E-state index in [1.165, 1.54) is 30.9 Å². The normalized spacial score (nSPS) is 9.75. The Morgan fingerprint density at radius 1 is 1.25 bits per heavy atom. The molecule has 2 heterocycles. The molecule has 0 fully saturated rings. The van der Waals surface area contributed by atoms with E-state index in [0.29, 0.717) is 0 Å². The maximum Gasteiger partial charge on any atom is 0.358 e. The Labute approximate surface area is 90.6 Å². The van der Waals surface area contributed by atoms with Gasteiger partial charge in [0.05, 0.1) is 6.20 Å². The third-order valence-electron chi connectivity index (χ3n) is 1.73. The number of hydrogen-bond acceptors (Lipinski definition) is 5. The monoisotopic (exact) mass is 217 g/mol. The van der Waals surface area contributed by atoms with E-state index < -0.39 is 5.97 Å². The smallest absolute Gasteiger partial charge is 0.358 e. The Morgan fingerprint density at radius 2 is 2.12 bits per heavy atom. The molecule has 0 unspecified atom stereocenters. The topological polar surface area (TPSA) is 85.2 Å². The minimum atomic E-state index is -1.15. The van der Waals surface area contributed by atoms with E-state index in [1.54, 1.807) is 6.07 Å². The van der Waals surface area contributed by atoms with Crippen molar-refractivity contribution in [2.45, 2.75) is 0 Å². The first-order chi connectivity index (χ1) is 7.77. The second-order valence-electron chi connectivity index (χ2n) is 2.80. The van der Waals surface area contributed by atoms with Crippen molar-refractivity contribution in [2.75, 3.05) is 0 Å². The van der Waals surface area contributed by atoms with Crippen molar-refractivity contribution in [2.24, 2.45) is 0 Å². The van der Waals surface area contributed by atoms with Crippen LogP contribution < -0.4 is 4.74 Å². The van der Waals surface area contributed by atoms with Crippen LogP contribution in [0, 0.1) is 0 Å². The van der Waals surface area contributed by atoms with Crippen LogP contribution in [-0.2, 0) is 0 Å². The highest BCUT2D eigenvalue weighted by molar-refractivity contribution is 5.88. The number of aromatic carboxylic acids is 1. The number of carbonyl (C=O) groups is 1. The lowest BCUT2D eigenvalue weighted by molar-refractivity contribution is 0.0687. The van der Waals surface area contributed by atoms with Gasteiger partial charge >= 0.3 is 5.97 Å². The summed E-state index contributed by atoms with van der Waals surface area (Å²) in [4.78, 5) is 22.2. The molecule has 0 amide bonds. The lowest BCUT2D eigenvalue weighted by Crippen LogP contribution is -2.03. The summed E-state index contributed by atoms with van der Waals surface area (Å²) in [7, 11) is 0. The Balaban J connectivity index is 2.31. The van der Waals surface area contributed by atoms with E-state index in [2.05, 4.69) is 15.0 Å². The second-order valence-corrected chi connectivity index (χ2v) is 2.80. The molecule has 0 saturated carbocycles. The van der Waals surface area contributed by atoms with E-state index >= 15 is 0 Å². The maximum absolute atomic E-state index is 10.8. The van der Waals surface area contributed by atoms with E-state index in [-0.39, 0.29) is 17.3 Å². The molecule has 0 aliphatic heterocycles. The molecule has 2 aromatic heterocycles. The summed E-state index contributed by atoms with van der Waals surface area (Å²) in [6, 6.07) is 3.09. The fourth-order valence-electron chi connectivity index (χ4n) is 1.08. The molecule has 2 rings (SSSR count). The van der Waals surface area contributed by atoms with Crippen molar-refractivity contribution in [1.82, 2.24) is 15.0 Å². The third-order valence-corrected chi connectivity index (χ3v) is 1.73. The van der Waals surface area contributed by atoms with Gasteiger partial charge in [-0.05, 0) is 12.1 Å². The quantitative estimate of drug-likeness (QED) is 0.835. The fourth-order valence-corrected chi connectivity index (χ4v) is 1.08. The number of carboxylic acid groups (broad SMARTS) is 1. The number of ether oxygens (including phenoxy) is 1. The summed E-state index contributed by atoms with van der Waals surface area (Å²) in [5, 5.41) is 8.87. The zero-order valence-electron chi connectivity index (χ0n) is 8.07. The van der Waals surface area contributed by atoms with Crippen molar-refractivity contribution in [1.29, 1.82) is 0 Å². The molecular formula is C10H7N3O3. The van der Waals surface area contributed by atoms with Crippen molar-refractivity contribution < 1.29 is 14.6 Å². The number of rotatable bonds is 3. The molecule has 0 bridgehead atoms. The van der Waals surface area contributed by atoms with Gasteiger partial charge in [0, 0.05) is 18.6 Å². The summed E-state index contributed by atoms with van der Waals surface area (Å²) in [6.45, 7) is 0. The predicted molar refractivity (Wildman–Crippen MR) is 53.3 cm³/mol. The molecule has 0 atom stereocenters. The maximum atomic E-state index is 10.8. The van der Waals surface area contributed by atoms with Crippen LogP contribution in [0.2, 0.25) is 0 Å². The molecule has 1 N–H and O–H groups in total. The average molecular weight is 217 g/mol. The van der Waals surface area contributed by atoms with Crippen LogP contribution in [0.3, 0.4) is 0 Å². The standard InChI is InChI=1S/C10H7N3O3/c14-10(15)9-7(2-1-3-13-9)16-8-6-11-4-5-12-8/h1-6H,(H,14,15). The highest BCUT2D eigenvalue weighted by Crippen LogP contribution is 2.20. The van der Waals surface area contributed by atoms with Gasteiger partial charge in [0.2, 0.25) is 5.88 Å². The number of hydrogen-bond donors (Lipinski definition) is 1. The SMILES string of the molecule is O=C(O)c1ncccc1Oc1cnccn1. The third kappa shape index (κ3) is 2.11. The molecule has 80 valence electrons. The summed E-state index contributed by atoms with van der Waals surface area (Å²) in [5.74, 6) is -0.798. The van der Waals surface area contributed by atoms with Crippen LogP contribution in [0.15, 0.2) is 36.9 Å². The van der Waals surface area contributed by atoms with E-state index in [9.17, 15) is 4.79 Å². The van der Waals surface area contributed by atoms with Crippen molar-refractivity contribution in [3.05, 3.63) is 42.6 Å². The molecule has 0 aromatic carbocycles. The summed E-state index contributed by atoms with van der Waals surface area (Å²) in [6.07, 6.45) is 5.71. The van der Waals surface area contributed by atoms with Gasteiger partial charge in [-0.1, -0.05) is 0 Å². The zero-order valence-corrected chi connectivity index (χ0v) is 8.07. The van der Waals surface area contributed by atoms with Crippen molar-refractivity contribution in [3.8, 4) is 11.6 Å². The van der Waals surface area contributed by atoms with E-state index in [1.807, 2.05) is 0 Å². The lowest BCUT2D eigenvalue weighted by Gasteiger charge is -2.05. The Kier molecular flexibility index (Phi) is 2.73. The number of aromatic nitrogens is 3. The van der Waals surface area contributed by atoms with Crippen LogP contribution in [0.5, 0.6) is 11.6 Å². The highest BCUT2D eigenvalue weighted by Gasteiger charge is 2.13. The molecule has 6 nitrogen and oxygen atoms in total. The van der Waals surface area contributed by atoms with Gasteiger partial charge in [-0.2, -0.15) is 0 Å². The Hall–Kier alpha value is -2.50. The molecule has 0 spiro atoms. The lowest BCUT2D eigenvalue weighted by atomic mass is 10.3. The van der Waals surface area contributed by atoms with Gasteiger partial charge in [0.25, 0.3) is 0 Å². The molecule has 2 aromatic rings. The molecule has 16 heavy (non-hydrogen) atoms. The van der Waals surface area contributed by atoms with Crippen LogP contribution in [0.1, 0.15) is 10.5 Å². The Morgan fingerprint density at radius 3 is 2.81 bits per heavy atom. The first-order valence-electron chi connectivity index (χ1n) is 4.39. The summed E-state index contributed by atoms with van der Waals surface area (Å²) < 4.78 is 5.25. The number of nitrogens with zero attached hydrogens (tertiary/aromatic N) is 3. The van der Waals surface area contributed by atoms with Crippen LogP contribution in [0.25, 0.3) is 0 Å². The van der Waals surface area contributed by atoms with Gasteiger partial charge in [-0.3, -0.25) is 4.98 Å². The minimum Gasteiger partial charge on any atom is -0.476 e. The molecule has 0 aliphatic rings. The molecule has 6 heteroatoms. The van der Waals surface area contributed by atoms with E-state index in [0.717, 1.165) is 0 Å². The van der Waals surface area contributed by atoms with Crippen LogP contribution in [-0.4, -0.2) is 26.0 Å². The largest absolute Gasteiger partial charge is 0.476 e. The highest BCUT2D eigenvalue weighted by atomic mass is 16.5.